The van der Waals surface area contributed by atoms with E-state index in [2.05, 4.69) is 0 Å². The molecule has 0 aliphatic carbocycles. The Hall–Kier alpha value is -1.17. The van der Waals surface area contributed by atoms with Crippen molar-refractivity contribution in [1.29, 1.82) is 0 Å². The number of hydrogen-bond acceptors (Lipinski definition) is 6. The summed E-state index contributed by atoms with van der Waals surface area (Å²) in [6, 6.07) is 8.50. The van der Waals surface area contributed by atoms with Gasteiger partial charge in [-0.3, -0.25) is 0 Å². The minimum Gasteiger partial charge on any atom is -0.744 e. The van der Waals surface area contributed by atoms with E-state index in [0.717, 1.165) is 12.1 Å². The van der Waals surface area contributed by atoms with Gasteiger partial charge in [-0.2, -0.15) is 8.42 Å². The van der Waals surface area contributed by atoms with Gasteiger partial charge in [0.1, 0.15) is 20.8 Å². The van der Waals surface area contributed by atoms with E-state index >= 15 is 0 Å². The van der Waals surface area contributed by atoms with Gasteiger partial charge in [-0.05, 0) is 71.8 Å². The van der Waals surface area contributed by atoms with Crippen LogP contribution < -0.4 is 4.18 Å². The molecule has 0 fully saturated rings. The van der Waals surface area contributed by atoms with E-state index in [1.54, 1.807) is 18.2 Å². The molecule has 0 atom stereocenters. The van der Waals surface area contributed by atoms with Crippen molar-refractivity contribution in [2.75, 3.05) is 0 Å². The Morgan fingerprint density at radius 3 is 2.00 bits per heavy atom. The number of hydrogen-bond donors (Lipinski definition) is 0. The summed E-state index contributed by atoms with van der Waals surface area (Å²) in [5.74, 6) is 0.0112. The second-order valence-electron chi connectivity index (χ2n) is 4.81. The van der Waals surface area contributed by atoms with Crippen LogP contribution >= 0.6 is 22.6 Å². The van der Waals surface area contributed by atoms with E-state index in [1.165, 1.54) is 19.9 Å². The topological polar surface area (TPSA) is 101 Å². The summed E-state index contributed by atoms with van der Waals surface area (Å²) in [5, 5.41) is 0. The summed E-state index contributed by atoms with van der Waals surface area (Å²) in [4.78, 5) is -0.411. The standard InChI is InChI=1S/C14H13IO6S2/c1-9-7-11(22(16,17)18)8-10(2)14(9)21-23(19,20)13-6-4-3-5-12(13)15/h3-8H,1-2H3,(H,16,17,18)/p-1. The van der Waals surface area contributed by atoms with E-state index in [0.29, 0.717) is 3.57 Å². The normalized spacial score (nSPS) is 12.2. The lowest BCUT2D eigenvalue weighted by Crippen LogP contribution is -2.13. The van der Waals surface area contributed by atoms with Crippen molar-refractivity contribution >= 4 is 42.8 Å². The molecule has 124 valence electrons. The molecule has 23 heavy (non-hydrogen) atoms. The van der Waals surface area contributed by atoms with Gasteiger partial charge >= 0.3 is 10.1 Å². The molecule has 2 aromatic rings. The van der Waals surface area contributed by atoms with E-state index in [1.807, 2.05) is 22.6 Å². The first-order valence-electron chi connectivity index (χ1n) is 6.28. The first-order valence-corrected chi connectivity index (χ1v) is 10.2. The molecule has 0 unspecified atom stereocenters. The van der Waals surface area contributed by atoms with Gasteiger partial charge in [0.05, 0.1) is 4.90 Å². The van der Waals surface area contributed by atoms with Crippen LogP contribution in [0.2, 0.25) is 0 Å². The minimum absolute atomic E-state index is 0.0112. The first-order chi connectivity index (χ1) is 10.5. The van der Waals surface area contributed by atoms with Gasteiger partial charge in [0.15, 0.2) is 0 Å². The van der Waals surface area contributed by atoms with Crippen LogP contribution in [0, 0.1) is 17.4 Å². The van der Waals surface area contributed by atoms with E-state index < -0.39 is 25.1 Å². The summed E-state index contributed by atoms with van der Waals surface area (Å²) in [7, 11) is -8.70. The lowest BCUT2D eigenvalue weighted by atomic mass is 10.1. The average Bonchev–Trinajstić information content (AvgIpc) is 2.42. The zero-order valence-corrected chi connectivity index (χ0v) is 15.9. The quantitative estimate of drug-likeness (QED) is 0.389. The van der Waals surface area contributed by atoms with Gasteiger partial charge in [0, 0.05) is 3.57 Å². The summed E-state index contributed by atoms with van der Waals surface area (Å²) in [6.07, 6.45) is 0. The van der Waals surface area contributed by atoms with E-state index in [-0.39, 0.29) is 21.8 Å². The molecule has 0 bridgehead atoms. The molecule has 0 heterocycles. The zero-order chi connectivity index (χ0) is 17.4. The third-order valence-corrected chi connectivity index (χ3v) is 6.42. The molecule has 6 nitrogen and oxygen atoms in total. The fourth-order valence-electron chi connectivity index (χ4n) is 1.99. The van der Waals surface area contributed by atoms with Crippen molar-refractivity contribution in [3.8, 4) is 5.75 Å². The second kappa shape index (κ2) is 6.38. The van der Waals surface area contributed by atoms with Gasteiger partial charge in [0.2, 0.25) is 0 Å². The predicted octanol–water partition coefficient (Wildman–Crippen LogP) is 2.58. The molecule has 0 radical (unpaired) electrons. The first kappa shape index (κ1) is 18.2. The fourth-order valence-corrected chi connectivity index (χ4v) is 4.95. The maximum Gasteiger partial charge on any atom is 0.340 e. The third kappa shape index (κ3) is 4.03. The van der Waals surface area contributed by atoms with E-state index in [9.17, 15) is 21.4 Å². The molecule has 9 heteroatoms. The van der Waals surface area contributed by atoms with Crippen LogP contribution in [0.3, 0.4) is 0 Å². The maximum absolute atomic E-state index is 12.4. The number of halogens is 1. The van der Waals surface area contributed by atoms with Crippen LogP contribution in [-0.2, 0) is 20.2 Å². The number of rotatable bonds is 4. The van der Waals surface area contributed by atoms with Crippen molar-refractivity contribution in [2.24, 2.45) is 0 Å². The smallest absolute Gasteiger partial charge is 0.340 e. The molecule has 0 saturated heterocycles. The molecule has 0 aliphatic heterocycles. The highest BCUT2D eigenvalue weighted by Crippen LogP contribution is 2.30. The summed E-state index contributed by atoms with van der Waals surface area (Å²) in [6.45, 7) is 2.95. The Kier molecular flexibility index (Phi) is 5.04. The second-order valence-corrected chi connectivity index (χ2v) is 8.86. The Labute approximate surface area is 148 Å². The minimum atomic E-state index is -4.62. The van der Waals surface area contributed by atoms with Crippen LogP contribution in [0.1, 0.15) is 11.1 Å². The highest BCUT2D eigenvalue weighted by Gasteiger charge is 2.22. The maximum atomic E-state index is 12.4. The van der Waals surface area contributed by atoms with Crippen LogP contribution in [0.5, 0.6) is 5.75 Å². The van der Waals surface area contributed by atoms with Crippen molar-refractivity contribution in [2.45, 2.75) is 23.6 Å². The highest BCUT2D eigenvalue weighted by atomic mass is 127. The van der Waals surface area contributed by atoms with Crippen molar-refractivity contribution < 1.29 is 25.6 Å². The van der Waals surface area contributed by atoms with Gasteiger partial charge in [-0.25, -0.2) is 8.42 Å². The van der Waals surface area contributed by atoms with Crippen molar-refractivity contribution in [3.63, 3.8) is 0 Å². The molecule has 0 amide bonds. The molecule has 2 aromatic carbocycles. The fraction of sp³-hybridized carbons (Fsp3) is 0.143. The Morgan fingerprint density at radius 1 is 1.00 bits per heavy atom. The average molecular weight is 467 g/mol. The van der Waals surface area contributed by atoms with Crippen molar-refractivity contribution in [3.05, 3.63) is 51.1 Å². The lowest BCUT2D eigenvalue weighted by Gasteiger charge is -2.15. The van der Waals surface area contributed by atoms with Gasteiger partial charge in [-0.15, -0.1) is 0 Å². The molecule has 0 aliphatic rings. The van der Waals surface area contributed by atoms with Crippen LogP contribution in [0.4, 0.5) is 0 Å². The third-order valence-electron chi connectivity index (χ3n) is 3.02. The summed E-state index contributed by atoms with van der Waals surface area (Å²) in [5.41, 5.74) is 0.489. The van der Waals surface area contributed by atoms with Crippen molar-refractivity contribution in [1.82, 2.24) is 0 Å². The SMILES string of the molecule is Cc1cc(S(=O)(=O)[O-])cc(C)c1OS(=O)(=O)c1ccccc1I. The largest absolute Gasteiger partial charge is 0.744 e. The zero-order valence-electron chi connectivity index (χ0n) is 12.1. The molecule has 0 saturated carbocycles. The van der Waals surface area contributed by atoms with Gasteiger partial charge in [0.25, 0.3) is 0 Å². The molecular formula is C14H12IO6S2-. The monoisotopic (exact) mass is 467 g/mol. The van der Waals surface area contributed by atoms with Gasteiger partial charge in [-0.1, -0.05) is 12.1 Å². The molecule has 0 aromatic heterocycles. The lowest BCUT2D eigenvalue weighted by molar-refractivity contribution is 0.462. The Balaban J connectivity index is 2.51. The molecule has 0 N–H and O–H groups in total. The Morgan fingerprint density at radius 2 is 1.52 bits per heavy atom. The van der Waals surface area contributed by atoms with Gasteiger partial charge < -0.3 is 8.74 Å². The number of aryl methyl sites for hydroxylation is 2. The number of benzene rings is 2. The molecule has 2 rings (SSSR count). The van der Waals surface area contributed by atoms with Crippen LogP contribution in [-0.4, -0.2) is 21.4 Å². The van der Waals surface area contributed by atoms with Crippen LogP contribution in [0.25, 0.3) is 0 Å². The Bertz CT molecular complexity index is 942. The van der Waals surface area contributed by atoms with Crippen LogP contribution in [0.15, 0.2) is 46.2 Å². The van der Waals surface area contributed by atoms with E-state index in [4.69, 9.17) is 4.18 Å². The molecule has 0 spiro atoms. The summed E-state index contributed by atoms with van der Waals surface area (Å²) < 4.78 is 63.7. The molecular weight excluding hydrogens is 455 g/mol. The highest BCUT2D eigenvalue weighted by molar-refractivity contribution is 14.1. The summed E-state index contributed by atoms with van der Waals surface area (Å²) >= 11 is 1.88. The predicted molar refractivity (Wildman–Crippen MR) is 90.9 cm³/mol.